The number of aliphatic carboxylic acids is 1. The Hall–Kier alpha value is -0.860. The second-order valence-electron chi connectivity index (χ2n) is 8.19. The van der Waals surface area contributed by atoms with Gasteiger partial charge in [-0.15, -0.1) is 0 Å². The number of hydrogen-bond acceptors (Lipinski definition) is 2. The molecule has 0 aromatic carbocycles. The van der Waals surface area contributed by atoms with Crippen LogP contribution in [0.4, 0.5) is 0 Å². The monoisotopic (exact) mass is 382 g/mol. The fourth-order valence-corrected chi connectivity index (χ4v) is 3.59. The molecule has 0 bridgehead atoms. The van der Waals surface area contributed by atoms with Gasteiger partial charge in [0.05, 0.1) is 0 Å². The van der Waals surface area contributed by atoms with E-state index in [4.69, 9.17) is 5.11 Å². The molecule has 0 fully saturated rings. The first-order chi connectivity index (χ1) is 13.2. The minimum atomic E-state index is -0.737. The van der Waals surface area contributed by atoms with Gasteiger partial charge in [0.15, 0.2) is 0 Å². The van der Waals surface area contributed by atoms with Gasteiger partial charge in [0, 0.05) is 19.3 Å². The van der Waals surface area contributed by atoms with Crippen molar-refractivity contribution in [2.45, 2.75) is 142 Å². The molecule has 0 radical (unpaired) electrons. The molecule has 0 rings (SSSR count). The average Bonchev–Trinajstić information content (AvgIpc) is 2.64. The lowest BCUT2D eigenvalue weighted by molar-refractivity contribution is -0.137. The standard InChI is InChI=1S/C24H46O3/c1-2-3-4-5-6-7-8-9-10-11-12-13-14-15-17-20-23(25)21-18-16-19-22-24(26)27/h2-22H2,1H3,(H,26,27). The highest BCUT2D eigenvalue weighted by molar-refractivity contribution is 5.78. The van der Waals surface area contributed by atoms with Gasteiger partial charge in [-0.2, -0.15) is 0 Å². The van der Waals surface area contributed by atoms with Crippen LogP contribution in [0.15, 0.2) is 0 Å². The third-order valence-electron chi connectivity index (χ3n) is 5.41. The zero-order chi connectivity index (χ0) is 20.0. The Labute approximate surface area is 168 Å². The van der Waals surface area contributed by atoms with Gasteiger partial charge in [0.25, 0.3) is 0 Å². The lowest BCUT2D eigenvalue weighted by atomic mass is 10.0. The SMILES string of the molecule is CCCCCCCCCCCCCCCCCC(=O)CCCCCC(=O)O. The summed E-state index contributed by atoms with van der Waals surface area (Å²) in [5.41, 5.74) is 0. The predicted molar refractivity (Wildman–Crippen MR) is 115 cm³/mol. The van der Waals surface area contributed by atoms with E-state index in [1.165, 1.54) is 89.9 Å². The van der Waals surface area contributed by atoms with Gasteiger partial charge in [0.2, 0.25) is 0 Å². The Kier molecular flexibility index (Phi) is 20.8. The van der Waals surface area contributed by atoms with E-state index in [1.54, 1.807) is 0 Å². The van der Waals surface area contributed by atoms with Crippen LogP contribution >= 0.6 is 0 Å². The van der Waals surface area contributed by atoms with E-state index in [-0.39, 0.29) is 6.42 Å². The Balaban J connectivity index is 3.13. The van der Waals surface area contributed by atoms with Crippen molar-refractivity contribution in [1.82, 2.24) is 0 Å². The fourth-order valence-electron chi connectivity index (χ4n) is 3.59. The van der Waals surface area contributed by atoms with Gasteiger partial charge in [-0.25, -0.2) is 0 Å². The van der Waals surface area contributed by atoms with Gasteiger partial charge < -0.3 is 5.11 Å². The number of carbonyl (C=O) groups excluding carboxylic acids is 1. The third kappa shape index (κ3) is 23.1. The minimum Gasteiger partial charge on any atom is -0.481 e. The quantitative estimate of drug-likeness (QED) is 0.194. The highest BCUT2D eigenvalue weighted by atomic mass is 16.4. The number of rotatable bonds is 22. The molecule has 0 atom stereocenters. The molecule has 0 unspecified atom stereocenters. The second kappa shape index (κ2) is 21.4. The van der Waals surface area contributed by atoms with Crippen LogP contribution in [0.3, 0.4) is 0 Å². The number of ketones is 1. The molecular weight excluding hydrogens is 336 g/mol. The molecule has 3 heteroatoms. The van der Waals surface area contributed by atoms with Gasteiger partial charge in [-0.3, -0.25) is 9.59 Å². The molecule has 0 saturated heterocycles. The smallest absolute Gasteiger partial charge is 0.303 e. The number of carboxylic acid groups (broad SMARTS) is 1. The van der Waals surface area contributed by atoms with Crippen molar-refractivity contribution >= 4 is 11.8 Å². The molecule has 0 spiro atoms. The van der Waals surface area contributed by atoms with Crippen molar-refractivity contribution < 1.29 is 14.7 Å². The summed E-state index contributed by atoms with van der Waals surface area (Å²) in [6.45, 7) is 2.27. The minimum absolute atomic E-state index is 0.229. The van der Waals surface area contributed by atoms with E-state index < -0.39 is 5.97 Å². The van der Waals surface area contributed by atoms with Crippen LogP contribution in [0.1, 0.15) is 142 Å². The molecule has 1 N–H and O–H groups in total. The second-order valence-corrected chi connectivity index (χ2v) is 8.19. The average molecular weight is 383 g/mol. The maximum atomic E-state index is 11.8. The summed E-state index contributed by atoms with van der Waals surface area (Å²) in [5.74, 6) is -0.376. The van der Waals surface area contributed by atoms with E-state index in [0.29, 0.717) is 18.6 Å². The van der Waals surface area contributed by atoms with Crippen LogP contribution in [0, 0.1) is 0 Å². The van der Waals surface area contributed by atoms with Crippen molar-refractivity contribution in [3.05, 3.63) is 0 Å². The normalized spacial score (nSPS) is 11.0. The van der Waals surface area contributed by atoms with Gasteiger partial charge in [-0.1, -0.05) is 103 Å². The molecule has 160 valence electrons. The fraction of sp³-hybridized carbons (Fsp3) is 0.917. The van der Waals surface area contributed by atoms with Crippen molar-refractivity contribution in [2.24, 2.45) is 0 Å². The highest BCUT2D eigenvalue weighted by Gasteiger charge is 2.03. The lowest BCUT2D eigenvalue weighted by Gasteiger charge is -2.04. The zero-order valence-corrected chi connectivity index (χ0v) is 18.1. The molecular formula is C24H46O3. The molecule has 0 aromatic rings. The Morgan fingerprint density at radius 1 is 0.481 bits per heavy atom. The van der Waals surface area contributed by atoms with Gasteiger partial charge in [-0.05, 0) is 19.3 Å². The number of carboxylic acids is 1. The van der Waals surface area contributed by atoms with E-state index >= 15 is 0 Å². The summed E-state index contributed by atoms with van der Waals surface area (Å²) in [6.07, 6.45) is 24.2. The Bertz CT molecular complexity index is 339. The van der Waals surface area contributed by atoms with Crippen LogP contribution in [-0.4, -0.2) is 16.9 Å². The van der Waals surface area contributed by atoms with Crippen LogP contribution < -0.4 is 0 Å². The molecule has 0 aliphatic heterocycles. The summed E-state index contributed by atoms with van der Waals surface area (Å²) in [5, 5.41) is 8.56. The molecule has 0 aliphatic rings. The molecule has 0 saturated carbocycles. The largest absolute Gasteiger partial charge is 0.481 e. The predicted octanol–water partition coefficient (Wildman–Crippen LogP) is 7.85. The van der Waals surface area contributed by atoms with E-state index in [0.717, 1.165) is 25.7 Å². The first-order valence-corrected chi connectivity index (χ1v) is 11.9. The molecule has 0 amide bonds. The zero-order valence-electron chi connectivity index (χ0n) is 18.1. The van der Waals surface area contributed by atoms with Crippen molar-refractivity contribution in [3.8, 4) is 0 Å². The Morgan fingerprint density at radius 3 is 1.15 bits per heavy atom. The molecule has 0 heterocycles. The molecule has 0 aliphatic carbocycles. The van der Waals surface area contributed by atoms with Crippen LogP contribution in [0.5, 0.6) is 0 Å². The van der Waals surface area contributed by atoms with Gasteiger partial charge >= 0.3 is 5.97 Å². The number of carbonyl (C=O) groups is 2. The number of hydrogen-bond donors (Lipinski definition) is 1. The number of Topliss-reactive ketones (excluding diaryl/α,β-unsaturated/α-hetero) is 1. The molecule has 3 nitrogen and oxygen atoms in total. The summed E-state index contributed by atoms with van der Waals surface area (Å²) in [4.78, 5) is 22.2. The highest BCUT2D eigenvalue weighted by Crippen LogP contribution is 2.14. The Morgan fingerprint density at radius 2 is 0.778 bits per heavy atom. The van der Waals surface area contributed by atoms with Crippen LogP contribution in [0.25, 0.3) is 0 Å². The summed E-state index contributed by atoms with van der Waals surface area (Å²) >= 11 is 0. The van der Waals surface area contributed by atoms with Crippen LogP contribution in [-0.2, 0) is 9.59 Å². The topological polar surface area (TPSA) is 54.4 Å². The van der Waals surface area contributed by atoms with Crippen molar-refractivity contribution in [3.63, 3.8) is 0 Å². The first-order valence-electron chi connectivity index (χ1n) is 11.9. The van der Waals surface area contributed by atoms with Gasteiger partial charge in [0.1, 0.15) is 5.78 Å². The van der Waals surface area contributed by atoms with Crippen molar-refractivity contribution in [1.29, 1.82) is 0 Å². The molecule has 0 aromatic heterocycles. The maximum Gasteiger partial charge on any atom is 0.303 e. The maximum absolute atomic E-state index is 11.8. The van der Waals surface area contributed by atoms with Crippen molar-refractivity contribution in [2.75, 3.05) is 0 Å². The summed E-state index contributed by atoms with van der Waals surface area (Å²) in [6, 6.07) is 0. The molecule has 27 heavy (non-hydrogen) atoms. The summed E-state index contributed by atoms with van der Waals surface area (Å²) in [7, 11) is 0. The number of unbranched alkanes of at least 4 members (excludes halogenated alkanes) is 16. The van der Waals surface area contributed by atoms with E-state index in [1.807, 2.05) is 0 Å². The lowest BCUT2D eigenvalue weighted by Crippen LogP contribution is -1.98. The van der Waals surface area contributed by atoms with Crippen LogP contribution in [0.2, 0.25) is 0 Å². The van der Waals surface area contributed by atoms with E-state index in [2.05, 4.69) is 6.92 Å². The third-order valence-corrected chi connectivity index (χ3v) is 5.41. The van der Waals surface area contributed by atoms with E-state index in [9.17, 15) is 9.59 Å². The summed E-state index contributed by atoms with van der Waals surface area (Å²) < 4.78 is 0. The first kappa shape index (κ1) is 26.1.